The summed E-state index contributed by atoms with van der Waals surface area (Å²) in [4.78, 5) is 2.13. The van der Waals surface area contributed by atoms with Crippen LogP contribution in [-0.4, -0.2) is 32.1 Å². The number of hydrogen-bond donors (Lipinski definition) is 1. The maximum Gasteiger partial charge on any atom is 0.119 e. The van der Waals surface area contributed by atoms with Crippen LogP contribution in [0.1, 0.15) is 5.56 Å². The van der Waals surface area contributed by atoms with E-state index in [0.29, 0.717) is 13.2 Å². The van der Waals surface area contributed by atoms with E-state index in [1.54, 1.807) is 0 Å². The standard InChI is InChI=1S/C11H18N2O/c1-13(2)9-10-3-5-11(6-4-10)14-8-7-12/h3-6H,7-9,12H2,1-2H3. The SMILES string of the molecule is CN(C)Cc1ccc(OCCN)cc1. The molecule has 78 valence electrons. The van der Waals surface area contributed by atoms with E-state index in [0.717, 1.165) is 12.3 Å². The molecule has 0 bridgehead atoms. The molecule has 0 aromatic heterocycles. The molecule has 2 N–H and O–H groups in total. The summed E-state index contributed by atoms with van der Waals surface area (Å²) < 4.78 is 5.38. The molecule has 0 amide bonds. The summed E-state index contributed by atoms with van der Waals surface area (Å²) in [6.45, 7) is 2.09. The highest BCUT2D eigenvalue weighted by Gasteiger charge is 1.96. The van der Waals surface area contributed by atoms with Gasteiger partial charge in [-0.1, -0.05) is 12.1 Å². The summed E-state index contributed by atoms with van der Waals surface area (Å²) in [5, 5.41) is 0. The first-order valence-electron chi connectivity index (χ1n) is 4.79. The van der Waals surface area contributed by atoms with E-state index >= 15 is 0 Å². The second-order valence-corrected chi connectivity index (χ2v) is 3.52. The van der Waals surface area contributed by atoms with Crippen molar-refractivity contribution in [3.8, 4) is 5.75 Å². The zero-order valence-corrected chi connectivity index (χ0v) is 8.86. The van der Waals surface area contributed by atoms with Gasteiger partial charge in [0.1, 0.15) is 12.4 Å². The summed E-state index contributed by atoms with van der Waals surface area (Å²) in [5.41, 5.74) is 6.63. The van der Waals surface area contributed by atoms with Gasteiger partial charge in [-0.2, -0.15) is 0 Å². The predicted octanol–water partition coefficient (Wildman–Crippen LogP) is 1.09. The molecule has 0 heterocycles. The van der Waals surface area contributed by atoms with E-state index in [4.69, 9.17) is 10.5 Å². The van der Waals surface area contributed by atoms with Crippen molar-refractivity contribution in [2.24, 2.45) is 5.73 Å². The monoisotopic (exact) mass is 194 g/mol. The molecule has 0 spiro atoms. The molecule has 0 atom stereocenters. The van der Waals surface area contributed by atoms with Crippen LogP contribution in [-0.2, 0) is 6.54 Å². The first-order valence-corrected chi connectivity index (χ1v) is 4.79. The smallest absolute Gasteiger partial charge is 0.119 e. The quantitative estimate of drug-likeness (QED) is 0.762. The van der Waals surface area contributed by atoms with Gasteiger partial charge < -0.3 is 15.4 Å². The zero-order chi connectivity index (χ0) is 10.4. The second-order valence-electron chi connectivity index (χ2n) is 3.52. The minimum Gasteiger partial charge on any atom is -0.492 e. The molecule has 3 nitrogen and oxygen atoms in total. The van der Waals surface area contributed by atoms with Crippen molar-refractivity contribution in [1.82, 2.24) is 4.90 Å². The molecule has 0 unspecified atom stereocenters. The van der Waals surface area contributed by atoms with Gasteiger partial charge in [-0.25, -0.2) is 0 Å². The lowest BCUT2D eigenvalue weighted by molar-refractivity contribution is 0.328. The first-order chi connectivity index (χ1) is 6.72. The summed E-state index contributed by atoms with van der Waals surface area (Å²) in [6, 6.07) is 8.11. The van der Waals surface area contributed by atoms with Crippen LogP contribution in [0, 0.1) is 0 Å². The van der Waals surface area contributed by atoms with Crippen LogP contribution in [0.4, 0.5) is 0 Å². The average Bonchev–Trinajstić information content (AvgIpc) is 2.16. The van der Waals surface area contributed by atoms with Crippen LogP contribution in [0.15, 0.2) is 24.3 Å². The van der Waals surface area contributed by atoms with Crippen LogP contribution in [0.3, 0.4) is 0 Å². The predicted molar refractivity (Wildman–Crippen MR) is 58.4 cm³/mol. The fourth-order valence-electron chi connectivity index (χ4n) is 1.23. The normalized spacial score (nSPS) is 10.6. The van der Waals surface area contributed by atoms with Crippen molar-refractivity contribution in [2.75, 3.05) is 27.2 Å². The van der Waals surface area contributed by atoms with E-state index in [-0.39, 0.29) is 0 Å². The summed E-state index contributed by atoms with van der Waals surface area (Å²) >= 11 is 0. The van der Waals surface area contributed by atoms with E-state index in [1.165, 1.54) is 5.56 Å². The minimum atomic E-state index is 0.555. The highest BCUT2D eigenvalue weighted by Crippen LogP contribution is 2.12. The van der Waals surface area contributed by atoms with Gasteiger partial charge in [-0.05, 0) is 31.8 Å². The number of rotatable bonds is 5. The van der Waals surface area contributed by atoms with Gasteiger partial charge in [0.05, 0.1) is 0 Å². The zero-order valence-electron chi connectivity index (χ0n) is 8.86. The first kappa shape index (κ1) is 11.0. The Hall–Kier alpha value is -1.06. The lowest BCUT2D eigenvalue weighted by Gasteiger charge is -2.10. The van der Waals surface area contributed by atoms with E-state index in [2.05, 4.69) is 31.1 Å². The molecule has 0 aliphatic rings. The Labute approximate surface area is 85.5 Å². The largest absolute Gasteiger partial charge is 0.492 e. The van der Waals surface area contributed by atoms with Crippen LogP contribution in [0.25, 0.3) is 0 Å². The number of ether oxygens (including phenoxy) is 1. The van der Waals surface area contributed by atoms with Gasteiger partial charge in [-0.15, -0.1) is 0 Å². The molecule has 3 heteroatoms. The topological polar surface area (TPSA) is 38.5 Å². The molecular weight excluding hydrogens is 176 g/mol. The highest BCUT2D eigenvalue weighted by molar-refractivity contribution is 5.27. The lowest BCUT2D eigenvalue weighted by Crippen LogP contribution is -2.11. The Morgan fingerprint density at radius 3 is 2.36 bits per heavy atom. The Bertz CT molecular complexity index is 256. The van der Waals surface area contributed by atoms with Crippen molar-refractivity contribution in [1.29, 1.82) is 0 Å². The number of benzene rings is 1. The molecular formula is C11H18N2O. The fraction of sp³-hybridized carbons (Fsp3) is 0.455. The third kappa shape index (κ3) is 3.77. The minimum absolute atomic E-state index is 0.555. The lowest BCUT2D eigenvalue weighted by atomic mass is 10.2. The number of hydrogen-bond acceptors (Lipinski definition) is 3. The molecule has 0 aliphatic heterocycles. The van der Waals surface area contributed by atoms with Gasteiger partial charge in [0.2, 0.25) is 0 Å². The molecule has 0 saturated carbocycles. The average molecular weight is 194 g/mol. The Morgan fingerprint density at radius 2 is 1.86 bits per heavy atom. The summed E-state index contributed by atoms with van der Waals surface area (Å²) in [6.07, 6.45) is 0. The molecule has 0 saturated heterocycles. The highest BCUT2D eigenvalue weighted by atomic mass is 16.5. The Kier molecular flexibility index (Phi) is 4.43. The van der Waals surface area contributed by atoms with E-state index in [1.807, 2.05) is 12.1 Å². The van der Waals surface area contributed by atoms with Crippen molar-refractivity contribution >= 4 is 0 Å². The van der Waals surface area contributed by atoms with Crippen LogP contribution >= 0.6 is 0 Å². The van der Waals surface area contributed by atoms with Crippen molar-refractivity contribution in [2.45, 2.75) is 6.54 Å². The molecule has 1 aromatic carbocycles. The van der Waals surface area contributed by atoms with Crippen LogP contribution in [0.2, 0.25) is 0 Å². The van der Waals surface area contributed by atoms with Crippen molar-refractivity contribution < 1.29 is 4.74 Å². The number of nitrogens with two attached hydrogens (primary N) is 1. The fourth-order valence-corrected chi connectivity index (χ4v) is 1.23. The van der Waals surface area contributed by atoms with Gasteiger partial charge >= 0.3 is 0 Å². The van der Waals surface area contributed by atoms with Gasteiger partial charge in [-0.3, -0.25) is 0 Å². The molecule has 14 heavy (non-hydrogen) atoms. The van der Waals surface area contributed by atoms with Crippen LogP contribution in [0.5, 0.6) is 5.75 Å². The molecule has 1 aromatic rings. The molecule has 1 rings (SSSR count). The Morgan fingerprint density at radius 1 is 1.21 bits per heavy atom. The maximum atomic E-state index is 5.38. The molecule has 0 fully saturated rings. The number of nitrogens with zero attached hydrogens (tertiary/aromatic N) is 1. The Balaban J connectivity index is 2.50. The van der Waals surface area contributed by atoms with Gasteiger partial charge in [0.25, 0.3) is 0 Å². The van der Waals surface area contributed by atoms with E-state index < -0.39 is 0 Å². The maximum absolute atomic E-state index is 5.38. The van der Waals surface area contributed by atoms with E-state index in [9.17, 15) is 0 Å². The van der Waals surface area contributed by atoms with Crippen molar-refractivity contribution in [3.63, 3.8) is 0 Å². The van der Waals surface area contributed by atoms with Gasteiger partial charge in [0, 0.05) is 13.1 Å². The molecule has 0 aliphatic carbocycles. The van der Waals surface area contributed by atoms with Crippen molar-refractivity contribution in [3.05, 3.63) is 29.8 Å². The third-order valence-electron chi connectivity index (χ3n) is 1.81. The molecule has 0 radical (unpaired) electrons. The third-order valence-corrected chi connectivity index (χ3v) is 1.81. The van der Waals surface area contributed by atoms with Gasteiger partial charge in [0.15, 0.2) is 0 Å². The summed E-state index contributed by atoms with van der Waals surface area (Å²) in [7, 11) is 4.11. The van der Waals surface area contributed by atoms with Crippen LogP contribution < -0.4 is 10.5 Å². The summed E-state index contributed by atoms with van der Waals surface area (Å²) in [5.74, 6) is 0.887. The second kappa shape index (κ2) is 5.62.